The van der Waals surface area contributed by atoms with E-state index < -0.39 is 8.80 Å². The molecule has 1 aliphatic carbocycles. The zero-order valence-electron chi connectivity index (χ0n) is 12.4. The van der Waals surface area contributed by atoms with E-state index in [1.807, 2.05) is 0 Å². The normalized spacial score (nSPS) is 15.3. The fourth-order valence-corrected chi connectivity index (χ4v) is 3.90. The largest absolute Gasteiger partial charge is 0.380 e. The Morgan fingerprint density at radius 1 is 1.11 bits per heavy atom. The molecule has 0 amide bonds. The molecule has 1 radical (unpaired) electrons. The molecule has 1 aromatic carbocycles. The predicted molar refractivity (Wildman–Crippen MR) is 83.8 cm³/mol. The Hall–Kier alpha value is -1.02. The molecule has 1 N–H and O–H groups in total. The van der Waals surface area contributed by atoms with Crippen LogP contribution >= 0.6 is 0 Å². The predicted octanol–water partition coefficient (Wildman–Crippen LogP) is 3.07. The molecule has 0 unspecified atom stereocenters. The lowest BCUT2D eigenvalue weighted by Gasteiger charge is -2.26. The van der Waals surface area contributed by atoms with Crippen LogP contribution in [0.5, 0.6) is 0 Å². The second-order valence-electron chi connectivity index (χ2n) is 6.54. The van der Waals surface area contributed by atoms with Gasteiger partial charge in [0, 0.05) is 23.2 Å². The first-order chi connectivity index (χ1) is 8.29. The van der Waals surface area contributed by atoms with Crippen LogP contribution in [0.15, 0.2) is 23.8 Å². The number of benzene rings is 1. The van der Waals surface area contributed by atoms with Gasteiger partial charge in [-0.3, -0.25) is 0 Å². The van der Waals surface area contributed by atoms with Gasteiger partial charge in [0.15, 0.2) is 0 Å². The van der Waals surface area contributed by atoms with Crippen molar-refractivity contribution in [1.29, 1.82) is 0 Å². The molecule has 97 valence electrons. The topological polar surface area (TPSA) is 12.0 Å². The van der Waals surface area contributed by atoms with Crippen molar-refractivity contribution in [2.75, 3.05) is 0 Å². The average molecular weight is 258 g/mol. The molecule has 0 aliphatic heterocycles. The maximum Gasteiger partial charge on any atom is 0.0656 e. The van der Waals surface area contributed by atoms with Gasteiger partial charge in [-0.2, -0.15) is 0 Å². The zero-order valence-corrected chi connectivity index (χ0v) is 13.5. The van der Waals surface area contributed by atoms with Crippen molar-refractivity contribution in [2.45, 2.75) is 46.3 Å². The summed E-state index contributed by atoms with van der Waals surface area (Å²) in [5, 5.41) is 5.27. The molecule has 1 aliphatic rings. The summed E-state index contributed by atoms with van der Waals surface area (Å²) in [4.78, 5) is 0. The zero-order chi connectivity index (χ0) is 13.5. The van der Waals surface area contributed by atoms with Crippen LogP contribution in [0.4, 0.5) is 0 Å². The SMILES string of the molecule is CC1=C(NC(C)(C)C)c2c(cccc2[SiH](C)C)[CH]1. The first kappa shape index (κ1) is 13.4. The van der Waals surface area contributed by atoms with Crippen molar-refractivity contribution < 1.29 is 0 Å². The van der Waals surface area contributed by atoms with Crippen molar-refractivity contribution in [2.24, 2.45) is 0 Å². The Morgan fingerprint density at radius 2 is 1.78 bits per heavy atom. The molecule has 0 aromatic heterocycles. The van der Waals surface area contributed by atoms with Crippen LogP contribution in [0.25, 0.3) is 5.70 Å². The van der Waals surface area contributed by atoms with Crippen molar-refractivity contribution >= 4 is 19.7 Å². The quantitative estimate of drug-likeness (QED) is 0.804. The highest BCUT2D eigenvalue weighted by Crippen LogP contribution is 2.32. The molecule has 18 heavy (non-hydrogen) atoms. The van der Waals surface area contributed by atoms with Gasteiger partial charge in [0.25, 0.3) is 0 Å². The fraction of sp³-hybridized carbons (Fsp3) is 0.438. The van der Waals surface area contributed by atoms with Crippen LogP contribution < -0.4 is 10.5 Å². The number of rotatable bonds is 2. The lowest BCUT2D eigenvalue weighted by atomic mass is 10.1. The van der Waals surface area contributed by atoms with Crippen LogP contribution in [0.3, 0.4) is 0 Å². The first-order valence-corrected chi connectivity index (χ1v) is 9.65. The average Bonchev–Trinajstić information content (AvgIpc) is 2.53. The van der Waals surface area contributed by atoms with Gasteiger partial charge in [0.1, 0.15) is 0 Å². The maximum atomic E-state index is 3.69. The van der Waals surface area contributed by atoms with E-state index in [2.05, 4.69) is 70.7 Å². The van der Waals surface area contributed by atoms with E-state index in [1.54, 1.807) is 5.19 Å². The van der Waals surface area contributed by atoms with E-state index in [-0.39, 0.29) is 5.54 Å². The molecule has 1 nitrogen and oxygen atoms in total. The molecule has 0 saturated carbocycles. The maximum absolute atomic E-state index is 3.69. The van der Waals surface area contributed by atoms with Crippen LogP contribution in [-0.4, -0.2) is 14.3 Å². The third kappa shape index (κ3) is 2.53. The second kappa shape index (κ2) is 4.58. The molecular formula is C16H24NSi. The van der Waals surface area contributed by atoms with Gasteiger partial charge < -0.3 is 5.32 Å². The summed E-state index contributed by atoms with van der Waals surface area (Å²) in [5.41, 5.74) is 5.67. The number of allylic oxidation sites excluding steroid dienone is 1. The monoisotopic (exact) mass is 258 g/mol. The highest BCUT2D eigenvalue weighted by molar-refractivity contribution is 6.71. The first-order valence-electron chi connectivity index (χ1n) is 6.76. The molecule has 1 aromatic rings. The van der Waals surface area contributed by atoms with Crippen molar-refractivity contribution in [3.05, 3.63) is 41.3 Å². The van der Waals surface area contributed by atoms with Crippen molar-refractivity contribution in [3.63, 3.8) is 0 Å². The Morgan fingerprint density at radius 3 is 2.33 bits per heavy atom. The summed E-state index contributed by atoms with van der Waals surface area (Å²) in [6.07, 6.45) is 2.31. The van der Waals surface area contributed by atoms with Gasteiger partial charge in [-0.1, -0.05) is 36.5 Å². The summed E-state index contributed by atoms with van der Waals surface area (Å²) in [6.45, 7) is 13.7. The van der Waals surface area contributed by atoms with E-state index in [9.17, 15) is 0 Å². The van der Waals surface area contributed by atoms with E-state index in [1.165, 1.54) is 22.4 Å². The molecule has 0 spiro atoms. The highest BCUT2D eigenvalue weighted by atomic mass is 28.3. The smallest absolute Gasteiger partial charge is 0.0656 e. The molecule has 0 saturated heterocycles. The highest BCUT2D eigenvalue weighted by Gasteiger charge is 2.25. The summed E-state index contributed by atoms with van der Waals surface area (Å²) in [7, 11) is -0.802. The summed E-state index contributed by atoms with van der Waals surface area (Å²) < 4.78 is 0. The number of fused-ring (bicyclic) bond motifs is 1. The standard InChI is InChI=1S/C16H24NSi/c1-11-10-12-8-7-9-13(18(5)6)14(12)15(11)17-16(2,3)4/h7-10,17-18H,1-6H3. The molecular weight excluding hydrogens is 234 g/mol. The Kier molecular flexibility index (Phi) is 3.41. The third-order valence-electron chi connectivity index (χ3n) is 3.27. The third-order valence-corrected chi connectivity index (χ3v) is 4.99. The van der Waals surface area contributed by atoms with Crippen LogP contribution in [-0.2, 0) is 0 Å². The Balaban J connectivity index is 2.50. The minimum Gasteiger partial charge on any atom is -0.380 e. The minimum atomic E-state index is -0.802. The van der Waals surface area contributed by atoms with Crippen molar-refractivity contribution in [1.82, 2.24) is 5.32 Å². The van der Waals surface area contributed by atoms with Gasteiger partial charge in [0.05, 0.1) is 8.80 Å². The molecule has 0 fully saturated rings. The molecule has 2 rings (SSSR count). The number of hydrogen-bond donors (Lipinski definition) is 1. The Labute approximate surface area is 113 Å². The van der Waals surface area contributed by atoms with Gasteiger partial charge in [0.2, 0.25) is 0 Å². The second-order valence-corrected chi connectivity index (χ2v) is 9.47. The van der Waals surface area contributed by atoms with E-state index >= 15 is 0 Å². The van der Waals surface area contributed by atoms with Gasteiger partial charge in [-0.25, -0.2) is 0 Å². The molecule has 0 atom stereocenters. The van der Waals surface area contributed by atoms with E-state index in [0.717, 1.165) is 0 Å². The summed E-state index contributed by atoms with van der Waals surface area (Å²) in [5.74, 6) is 0. The molecule has 0 bridgehead atoms. The summed E-state index contributed by atoms with van der Waals surface area (Å²) >= 11 is 0. The van der Waals surface area contributed by atoms with Gasteiger partial charge in [-0.05, 0) is 38.8 Å². The fourth-order valence-electron chi connectivity index (χ4n) is 2.52. The molecule has 2 heteroatoms. The Bertz CT molecular complexity index is 492. The lowest BCUT2D eigenvalue weighted by Crippen LogP contribution is -2.37. The lowest BCUT2D eigenvalue weighted by molar-refractivity contribution is 0.501. The van der Waals surface area contributed by atoms with Gasteiger partial charge >= 0.3 is 0 Å². The number of hydrogen-bond acceptors (Lipinski definition) is 1. The summed E-state index contributed by atoms with van der Waals surface area (Å²) in [6, 6.07) is 6.74. The van der Waals surface area contributed by atoms with E-state index in [0.29, 0.717) is 0 Å². The van der Waals surface area contributed by atoms with Gasteiger partial charge in [-0.15, -0.1) is 0 Å². The van der Waals surface area contributed by atoms with Crippen LogP contribution in [0.2, 0.25) is 13.1 Å². The van der Waals surface area contributed by atoms with Crippen LogP contribution in [0.1, 0.15) is 38.8 Å². The number of nitrogens with one attached hydrogen (secondary N) is 1. The molecule has 0 heterocycles. The van der Waals surface area contributed by atoms with Crippen molar-refractivity contribution in [3.8, 4) is 0 Å². The van der Waals surface area contributed by atoms with E-state index in [4.69, 9.17) is 0 Å². The van der Waals surface area contributed by atoms with Crippen LogP contribution in [0, 0.1) is 6.42 Å². The minimum absolute atomic E-state index is 0.109.